The Morgan fingerprint density at radius 3 is 2.62 bits per heavy atom. The van der Waals surface area contributed by atoms with Gasteiger partial charge in [0.05, 0.1) is 15.5 Å². The van der Waals surface area contributed by atoms with Crippen molar-refractivity contribution in [2.45, 2.75) is 19.3 Å². The highest BCUT2D eigenvalue weighted by Crippen LogP contribution is 2.41. The van der Waals surface area contributed by atoms with Crippen LogP contribution in [0.4, 0.5) is 17.1 Å². The Bertz CT molecular complexity index is 1160. The van der Waals surface area contributed by atoms with Crippen molar-refractivity contribution in [1.82, 2.24) is 0 Å². The lowest BCUT2D eigenvalue weighted by atomic mass is 10.1. The van der Waals surface area contributed by atoms with E-state index in [9.17, 15) is 14.9 Å². The Morgan fingerprint density at radius 2 is 1.84 bits per heavy atom. The Kier molecular flexibility index (Phi) is 5.48. The normalized spacial score (nSPS) is 19.2. The maximum Gasteiger partial charge on any atom is 0.293 e. The van der Waals surface area contributed by atoms with E-state index in [1.807, 2.05) is 6.07 Å². The number of benzene rings is 2. The molecule has 0 atom stereocenters. The molecule has 2 fully saturated rings. The fourth-order valence-corrected chi connectivity index (χ4v) is 5.34. The van der Waals surface area contributed by atoms with Crippen molar-refractivity contribution in [3.63, 3.8) is 0 Å². The van der Waals surface area contributed by atoms with Crippen LogP contribution in [0.25, 0.3) is 6.08 Å². The molecule has 0 radical (unpaired) electrons. The first-order valence-corrected chi connectivity index (χ1v) is 11.4. The molecule has 32 heavy (non-hydrogen) atoms. The van der Waals surface area contributed by atoms with Gasteiger partial charge in [0.15, 0.2) is 15.8 Å². The molecule has 0 unspecified atom stereocenters. The van der Waals surface area contributed by atoms with Crippen molar-refractivity contribution >= 4 is 57.3 Å². The summed E-state index contributed by atoms with van der Waals surface area (Å²) < 4.78 is 11.1. The zero-order chi connectivity index (χ0) is 22.2. The summed E-state index contributed by atoms with van der Waals surface area (Å²) in [6.07, 6.45) is 4.86. The highest BCUT2D eigenvalue weighted by molar-refractivity contribution is 8.27. The number of nitro benzene ring substituents is 1. The van der Waals surface area contributed by atoms with Gasteiger partial charge in [-0.1, -0.05) is 30.0 Å². The molecule has 3 aliphatic rings. The largest absolute Gasteiger partial charge is 0.454 e. The molecule has 2 saturated heterocycles. The van der Waals surface area contributed by atoms with Gasteiger partial charge in [0, 0.05) is 25.2 Å². The summed E-state index contributed by atoms with van der Waals surface area (Å²) in [4.78, 5) is 28.4. The van der Waals surface area contributed by atoms with Crippen molar-refractivity contribution in [3.05, 3.63) is 57.0 Å². The van der Waals surface area contributed by atoms with Gasteiger partial charge in [0.25, 0.3) is 11.6 Å². The van der Waals surface area contributed by atoms with Crippen molar-refractivity contribution in [1.29, 1.82) is 0 Å². The maximum atomic E-state index is 13.1. The third kappa shape index (κ3) is 3.80. The molecule has 0 spiro atoms. The standard InChI is InChI=1S/C22H19N3O5S2/c26-21-20(32-22(31)24(21)15-5-7-18-19(12-15)30-13-29-18)11-14-4-6-16(17(10-14)25(27)28)23-8-2-1-3-9-23/h4-7,10-12H,1-3,8-9,13H2/b20-11+. The third-order valence-corrected chi connectivity index (χ3v) is 6.90. The predicted molar refractivity (Wildman–Crippen MR) is 127 cm³/mol. The molecule has 0 aromatic heterocycles. The quantitative estimate of drug-likeness (QED) is 0.275. The Morgan fingerprint density at radius 1 is 1.06 bits per heavy atom. The predicted octanol–water partition coefficient (Wildman–Crippen LogP) is 4.72. The van der Waals surface area contributed by atoms with Gasteiger partial charge in [0.1, 0.15) is 5.69 Å². The van der Waals surface area contributed by atoms with Gasteiger partial charge in [-0.05, 0) is 49.1 Å². The summed E-state index contributed by atoms with van der Waals surface area (Å²) in [7, 11) is 0. The van der Waals surface area contributed by atoms with Gasteiger partial charge in [-0.3, -0.25) is 19.8 Å². The number of thioether (sulfide) groups is 1. The molecule has 0 bridgehead atoms. The highest BCUT2D eigenvalue weighted by Gasteiger charge is 2.34. The Balaban J connectivity index is 1.43. The molecular formula is C22H19N3O5S2. The number of hydrogen-bond donors (Lipinski definition) is 0. The van der Waals surface area contributed by atoms with Crippen molar-refractivity contribution in [2.75, 3.05) is 29.7 Å². The topological polar surface area (TPSA) is 85.2 Å². The number of amides is 1. The van der Waals surface area contributed by atoms with Crippen LogP contribution in [0.2, 0.25) is 0 Å². The lowest BCUT2D eigenvalue weighted by molar-refractivity contribution is -0.384. The van der Waals surface area contributed by atoms with E-state index in [2.05, 4.69) is 4.90 Å². The average Bonchev–Trinajstić information content (AvgIpc) is 3.37. The van der Waals surface area contributed by atoms with Crippen molar-refractivity contribution in [3.8, 4) is 11.5 Å². The van der Waals surface area contributed by atoms with E-state index < -0.39 is 0 Å². The molecule has 164 valence electrons. The van der Waals surface area contributed by atoms with Crippen LogP contribution in [-0.2, 0) is 4.79 Å². The summed E-state index contributed by atoms with van der Waals surface area (Å²) in [5.41, 5.74) is 1.85. The van der Waals surface area contributed by atoms with Crippen LogP contribution in [0.1, 0.15) is 24.8 Å². The molecule has 1 amide bonds. The minimum Gasteiger partial charge on any atom is -0.454 e. The minimum absolute atomic E-state index is 0.0481. The van der Waals surface area contributed by atoms with Crippen LogP contribution >= 0.6 is 24.0 Å². The van der Waals surface area contributed by atoms with Crippen LogP contribution < -0.4 is 19.3 Å². The average molecular weight is 470 g/mol. The fraction of sp³-hybridized carbons (Fsp3) is 0.273. The number of ether oxygens (including phenoxy) is 2. The number of hydrogen-bond acceptors (Lipinski definition) is 8. The maximum absolute atomic E-state index is 13.1. The van der Waals surface area contributed by atoms with Gasteiger partial charge in [-0.15, -0.1) is 0 Å². The number of nitrogens with zero attached hydrogens (tertiary/aromatic N) is 3. The lowest BCUT2D eigenvalue weighted by Gasteiger charge is -2.28. The first-order chi connectivity index (χ1) is 15.5. The molecule has 8 nitrogen and oxygen atoms in total. The first kappa shape index (κ1) is 20.8. The molecule has 2 aromatic rings. The zero-order valence-electron chi connectivity index (χ0n) is 17.0. The number of carbonyl (C=O) groups excluding carboxylic acids is 1. The van der Waals surface area contributed by atoms with Crippen molar-refractivity contribution < 1.29 is 19.2 Å². The number of piperidine rings is 1. The van der Waals surface area contributed by atoms with Gasteiger partial charge >= 0.3 is 0 Å². The Hall–Kier alpha value is -3.11. The molecule has 3 heterocycles. The SMILES string of the molecule is O=C1/C(=C\c2ccc(N3CCCCC3)c([N+](=O)[O-])c2)SC(=S)N1c1ccc2c(c1)OCO2. The minimum atomic E-state index is -0.362. The third-order valence-electron chi connectivity index (χ3n) is 5.60. The van der Waals surface area contributed by atoms with Crippen LogP contribution in [0.5, 0.6) is 11.5 Å². The second-order valence-corrected chi connectivity index (χ2v) is 9.28. The number of rotatable bonds is 4. The second kappa shape index (κ2) is 8.44. The van der Waals surface area contributed by atoms with E-state index in [-0.39, 0.29) is 23.3 Å². The second-order valence-electron chi connectivity index (χ2n) is 7.61. The molecule has 10 heteroatoms. The van der Waals surface area contributed by atoms with Crippen molar-refractivity contribution in [2.24, 2.45) is 0 Å². The molecule has 3 aliphatic heterocycles. The lowest BCUT2D eigenvalue weighted by Crippen LogP contribution is -2.29. The molecule has 0 saturated carbocycles. The number of anilines is 2. The molecule has 5 rings (SSSR count). The summed E-state index contributed by atoms with van der Waals surface area (Å²) >= 11 is 6.60. The molecule has 2 aromatic carbocycles. The summed E-state index contributed by atoms with van der Waals surface area (Å²) in [6, 6.07) is 10.3. The summed E-state index contributed by atoms with van der Waals surface area (Å²) in [5.74, 6) is 0.905. The van der Waals surface area contributed by atoms with E-state index in [0.717, 1.165) is 32.4 Å². The first-order valence-electron chi connectivity index (χ1n) is 10.2. The van der Waals surface area contributed by atoms with E-state index in [0.29, 0.717) is 37.7 Å². The summed E-state index contributed by atoms with van der Waals surface area (Å²) in [5, 5.41) is 11.7. The smallest absolute Gasteiger partial charge is 0.293 e. The number of thiocarbonyl (C=S) groups is 1. The van der Waals surface area contributed by atoms with Gasteiger partial charge in [-0.25, -0.2) is 0 Å². The van der Waals surface area contributed by atoms with Crippen LogP contribution in [0, 0.1) is 10.1 Å². The molecule has 0 aliphatic carbocycles. The molecular weight excluding hydrogens is 450 g/mol. The van der Waals surface area contributed by atoms with E-state index >= 15 is 0 Å². The monoisotopic (exact) mass is 469 g/mol. The highest BCUT2D eigenvalue weighted by atomic mass is 32.2. The van der Waals surface area contributed by atoms with E-state index in [4.69, 9.17) is 21.7 Å². The van der Waals surface area contributed by atoms with Gasteiger partial charge in [0.2, 0.25) is 6.79 Å². The van der Waals surface area contributed by atoms with Gasteiger partial charge < -0.3 is 14.4 Å². The molecule has 0 N–H and O–H groups in total. The van der Waals surface area contributed by atoms with Crippen LogP contribution in [-0.4, -0.2) is 35.0 Å². The zero-order valence-corrected chi connectivity index (χ0v) is 18.6. The van der Waals surface area contributed by atoms with E-state index in [1.165, 1.54) is 22.7 Å². The van der Waals surface area contributed by atoms with Crippen LogP contribution in [0.15, 0.2) is 41.3 Å². The Labute approximate surface area is 193 Å². The number of fused-ring (bicyclic) bond motifs is 1. The number of carbonyl (C=O) groups is 1. The van der Waals surface area contributed by atoms with Crippen LogP contribution in [0.3, 0.4) is 0 Å². The van der Waals surface area contributed by atoms with Gasteiger partial charge in [-0.2, -0.15) is 0 Å². The summed E-state index contributed by atoms with van der Waals surface area (Å²) in [6.45, 7) is 1.77. The number of nitro groups is 1. The fourth-order valence-electron chi connectivity index (χ4n) is 4.04. The van der Waals surface area contributed by atoms with E-state index in [1.54, 1.807) is 30.3 Å².